The molecule has 0 aliphatic carbocycles. The molecule has 27 heavy (non-hydrogen) atoms. The molecule has 8 heteroatoms. The quantitative estimate of drug-likeness (QED) is 0.777. The summed E-state index contributed by atoms with van der Waals surface area (Å²) in [6.07, 6.45) is 4.68. The summed E-state index contributed by atoms with van der Waals surface area (Å²) in [5.74, 6) is -0.170. The first-order valence-electron chi connectivity index (χ1n) is 10.1. The maximum absolute atomic E-state index is 13.1. The Balaban J connectivity index is 1.44. The van der Waals surface area contributed by atoms with E-state index in [0.29, 0.717) is 44.2 Å². The van der Waals surface area contributed by atoms with E-state index >= 15 is 0 Å². The lowest BCUT2D eigenvalue weighted by Gasteiger charge is -2.31. The molecule has 0 bridgehead atoms. The van der Waals surface area contributed by atoms with Crippen LogP contribution in [-0.4, -0.2) is 95.3 Å². The van der Waals surface area contributed by atoms with E-state index in [-0.39, 0.29) is 17.9 Å². The van der Waals surface area contributed by atoms with Gasteiger partial charge < -0.3 is 19.4 Å². The molecule has 1 aromatic rings. The van der Waals surface area contributed by atoms with Crippen molar-refractivity contribution in [2.45, 2.75) is 38.3 Å². The van der Waals surface area contributed by atoms with E-state index in [1.807, 2.05) is 4.90 Å². The highest BCUT2D eigenvalue weighted by molar-refractivity contribution is 5.98. The van der Waals surface area contributed by atoms with Gasteiger partial charge in [-0.2, -0.15) is 5.10 Å². The van der Waals surface area contributed by atoms with E-state index in [9.17, 15) is 9.59 Å². The molecule has 1 unspecified atom stereocenters. The van der Waals surface area contributed by atoms with Crippen molar-refractivity contribution in [2.24, 2.45) is 0 Å². The zero-order valence-corrected chi connectivity index (χ0v) is 16.1. The van der Waals surface area contributed by atoms with E-state index in [0.717, 1.165) is 26.1 Å². The van der Waals surface area contributed by atoms with Crippen LogP contribution in [0, 0.1) is 0 Å². The Bertz CT molecular complexity index is 698. The Kier molecular flexibility index (Phi) is 5.45. The molecule has 0 aromatic carbocycles. The SMILES string of the molecule is CN1CCn2nc(C(=O)N3CCCOC(CN4CCCCC4)C3)cc2C1=O. The van der Waals surface area contributed by atoms with Gasteiger partial charge in [-0.3, -0.25) is 14.3 Å². The van der Waals surface area contributed by atoms with Crippen LogP contribution in [0.15, 0.2) is 6.07 Å². The van der Waals surface area contributed by atoms with Crippen LogP contribution in [0.3, 0.4) is 0 Å². The van der Waals surface area contributed by atoms with Gasteiger partial charge in [0.25, 0.3) is 11.8 Å². The largest absolute Gasteiger partial charge is 0.375 e. The molecule has 2 saturated heterocycles. The predicted octanol–water partition coefficient (Wildman–Crippen LogP) is 0.686. The molecular formula is C19H29N5O3. The van der Waals surface area contributed by atoms with Gasteiger partial charge in [0.1, 0.15) is 5.69 Å². The number of piperidine rings is 1. The second kappa shape index (κ2) is 7.98. The topological polar surface area (TPSA) is 70.9 Å². The number of aromatic nitrogens is 2. The first kappa shape index (κ1) is 18.4. The van der Waals surface area contributed by atoms with Crippen molar-refractivity contribution in [1.82, 2.24) is 24.5 Å². The number of carbonyl (C=O) groups is 2. The molecule has 148 valence electrons. The smallest absolute Gasteiger partial charge is 0.274 e. The minimum Gasteiger partial charge on any atom is -0.375 e. The fourth-order valence-electron chi connectivity index (χ4n) is 4.19. The Morgan fingerprint density at radius 1 is 1.15 bits per heavy atom. The van der Waals surface area contributed by atoms with Crippen LogP contribution in [0.1, 0.15) is 46.7 Å². The number of hydrogen-bond acceptors (Lipinski definition) is 5. The lowest BCUT2D eigenvalue weighted by Crippen LogP contribution is -2.44. The third-order valence-corrected chi connectivity index (χ3v) is 5.76. The van der Waals surface area contributed by atoms with Gasteiger partial charge in [0, 0.05) is 45.9 Å². The molecule has 0 N–H and O–H groups in total. The van der Waals surface area contributed by atoms with Crippen LogP contribution in [0.4, 0.5) is 0 Å². The van der Waals surface area contributed by atoms with Crippen molar-refractivity contribution in [2.75, 3.05) is 52.9 Å². The molecule has 0 radical (unpaired) electrons. The predicted molar refractivity (Wildman–Crippen MR) is 99.7 cm³/mol. The zero-order chi connectivity index (χ0) is 18.8. The van der Waals surface area contributed by atoms with E-state index in [1.54, 1.807) is 22.7 Å². The molecule has 4 heterocycles. The molecule has 3 aliphatic rings. The lowest BCUT2D eigenvalue weighted by atomic mass is 10.1. The van der Waals surface area contributed by atoms with Crippen molar-refractivity contribution in [3.8, 4) is 0 Å². The Morgan fingerprint density at radius 2 is 1.96 bits per heavy atom. The van der Waals surface area contributed by atoms with Gasteiger partial charge >= 0.3 is 0 Å². The summed E-state index contributed by atoms with van der Waals surface area (Å²) < 4.78 is 7.67. The summed E-state index contributed by atoms with van der Waals surface area (Å²) in [4.78, 5) is 31.3. The standard InChI is InChI=1S/C19H29N5O3/c1-21-9-10-24-17(19(21)26)12-16(20-24)18(25)23-8-5-11-27-15(14-23)13-22-6-3-2-4-7-22/h12,15H,2-11,13-14H2,1H3. The molecule has 4 rings (SSSR count). The molecule has 2 fully saturated rings. The normalized spacial score (nSPS) is 24.6. The van der Waals surface area contributed by atoms with Crippen LogP contribution in [0.5, 0.6) is 0 Å². The van der Waals surface area contributed by atoms with Crippen LogP contribution in [-0.2, 0) is 11.3 Å². The van der Waals surface area contributed by atoms with E-state index in [1.165, 1.54) is 19.3 Å². The van der Waals surface area contributed by atoms with Gasteiger partial charge in [0.05, 0.1) is 12.6 Å². The summed E-state index contributed by atoms with van der Waals surface area (Å²) in [7, 11) is 1.78. The lowest BCUT2D eigenvalue weighted by molar-refractivity contribution is 0.0215. The minimum absolute atomic E-state index is 0.0413. The highest BCUT2D eigenvalue weighted by Gasteiger charge is 2.30. The van der Waals surface area contributed by atoms with E-state index in [2.05, 4.69) is 10.00 Å². The van der Waals surface area contributed by atoms with Crippen molar-refractivity contribution in [3.63, 3.8) is 0 Å². The summed E-state index contributed by atoms with van der Waals surface area (Å²) in [5.41, 5.74) is 0.871. The van der Waals surface area contributed by atoms with Gasteiger partial charge in [-0.05, 0) is 32.4 Å². The number of carbonyl (C=O) groups excluding carboxylic acids is 2. The summed E-state index contributed by atoms with van der Waals surface area (Å²) >= 11 is 0. The summed E-state index contributed by atoms with van der Waals surface area (Å²) in [5, 5.41) is 4.41. The molecule has 1 atom stereocenters. The fourth-order valence-corrected chi connectivity index (χ4v) is 4.19. The van der Waals surface area contributed by atoms with E-state index in [4.69, 9.17) is 4.74 Å². The summed E-state index contributed by atoms with van der Waals surface area (Å²) in [6, 6.07) is 1.64. The maximum atomic E-state index is 13.1. The number of likely N-dealkylation sites (N-methyl/N-ethyl adjacent to an activating group) is 1. The second-order valence-corrected chi connectivity index (χ2v) is 7.82. The molecule has 8 nitrogen and oxygen atoms in total. The minimum atomic E-state index is -0.0958. The number of hydrogen-bond donors (Lipinski definition) is 0. The first-order chi connectivity index (χ1) is 13.1. The average molecular weight is 375 g/mol. The Morgan fingerprint density at radius 3 is 2.78 bits per heavy atom. The number of nitrogens with zero attached hydrogens (tertiary/aromatic N) is 5. The van der Waals surface area contributed by atoms with Gasteiger partial charge in [0.15, 0.2) is 5.69 Å². The van der Waals surface area contributed by atoms with Crippen molar-refractivity contribution in [3.05, 3.63) is 17.5 Å². The molecule has 1 aromatic heterocycles. The highest BCUT2D eigenvalue weighted by atomic mass is 16.5. The Labute approximate surface area is 160 Å². The van der Waals surface area contributed by atoms with Gasteiger partial charge in [-0.15, -0.1) is 0 Å². The van der Waals surface area contributed by atoms with E-state index < -0.39 is 0 Å². The third-order valence-electron chi connectivity index (χ3n) is 5.76. The average Bonchev–Trinajstić information content (AvgIpc) is 2.99. The first-order valence-corrected chi connectivity index (χ1v) is 10.1. The summed E-state index contributed by atoms with van der Waals surface area (Å²) in [6.45, 7) is 6.32. The number of amides is 2. The van der Waals surface area contributed by atoms with Crippen molar-refractivity contribution in [1.29, 1.82) is 0 Å². The Hall–Kier alpha value is -1.93. The van der Waals surface area contributed by atoms with Crippen LogP contribution < -0.4 is 0 Å². The second-order valence-electron chi connectivity index (χ2n) is 7.82. The van der Waals surface area contributed by atoms with Crippen LogP contribution in [0.25, 0.3) is 0 Å². The monoisotopic (exact) mass is 375 g/mol. The number of rotatable bonds is 3. The van der Waals surface area contributed by atoms with Gasteiger partial charge in [0.2, 0.25) is 0 Å². The van der Waals surface area contributed by atoms with Crippen molar-refractivity contribution < 1.29 is 14.3 Å². The number of ether oxygens (including phenoxy) is 1. The molecule has 0 saturated carbocycles. The number of likely N-dealkylation sites (tertiary alicyclic amines) is 1. The molecule has 0 spiro atoms. The highest BCUT2D eigenvalue weighted by Crippen LogP contribution is 2.17. The van der Waals surface area contributed by atoms with Gasteiger partial charge in [-0.25, -0.2) is 0 Å². The third kappa shape index (κ3) is 4.01. The molecular weight excluding hydrogens is 346 g/mol. The van der Waals surface area contributed by atoms with Crippen LogP contribution >= 0.6 is 0 Å². The van der Waals surface area contributed by atoms with Crippen LogP contribution in [0.2, 0.25) is 0 Å². The van der Waals surface area contributed by atoms with Gasteiger partial charge in [-0.1, -0.05) is 6.42 Å². The fraction of sp³-hybridized carbons (Fsp3) is 0.737. The molecule has 3 aliphatic heterocycles. The maximum Gasteiger partial charge on any atom is 0.274 e. The molecule has 2 amide bonds. The zero-order valence-electron chi connectivity index (χ0n) is 16.1. The number of fused-ring (bicyclic) bond motifs is 1. The van der Waals surface area contributed by atoms with Crippen molar-refractivity contribution >= 4 is 11.8 Å².